The van der Waals surface area contributed by atoms with Crippen molar-refractivity contribution in [1.82, 2.24) is 0 Å². The fraction of sp³-hybridized carbons (Fsp3) is 0.250. The second-order valence-corrected chi connectivity index (χ2v) is 6.28. The van der Waals surface area contributed by atoms with Crippen LogP contribution in [0.1, 0.15) is 11.1 Å². The molecule has 0 bridgehead atoms. The van der Waals surface area contributed by atoms with E-state index in [4.69, 9.17) is 14.2 Å². The minimum atomic E-state index is -0.780. The zero-order valence-corrected chi connectivity index (χ0v) is 16.7. The van der Waals surface area contributed by atoms with E-state index in [9.17, 15) is 15.2 Å². The average molecular weight is 407 g/mol. The summed E-state index contributed by atoms with van der Waals surface area (Å²) in [6.45, 7) is 4.10. The Morgan fingerprint density at radius 3 is 2.10 bits per heavy atom. The lowest BCUT2D eigenvalue weighted by Crippen LogP contribution is -2.23. The van der Waals surface area contributed by atoms with Gasteiger partial charge in [0.2, 0.25) is 0 Å². The molecule has 0 spiro atoms. The van der Waals surface area contributed by atoms with E-state index in [0.29, 0.717) is 12.2 Å². The number of ether oxygens (including phenoxy) is 3. The Bertz CT molecular complexity index is 830. The summed E-state index contributed by atoms with van der Waals surface area (Å²) in [4.78, 5) is 12.6. The SMILES string of the molecule is C=CCOCC(O)COCCOC(=O)C(C#N)=C(c1ccccc1)c1ccccc1. The van der Waals surface area contributed by atoms with Crippen LogP contribution in [0.25, 0.3) is 5.57 Å². The normalized spacial score (nSPS) is 11.2. The number of esters is 1. The minimum Gasteiger partial charge on any atom is -0.459 e. The molecular formula is C24H25NO5. The Labute approximate surface area is 176 Å². The van der Waals surface area contributed by atoms with Crippen LogP contribution in [0.5, 0.6) is 0 Å². The van der Waals surface area contributed by atoms with E-state index >= 15 is 0 Å². The number of carbonyl (C=O) groups excluding carboxylic acids is 1. The summed E-state index contributed by atoms with van der Waals surface area (Å²) in [6, 6.07) is 20.4. The van der Waals surface area contributed by atoms with Crippen LogP contribution >= 0.6 is 0 Å². The fourth-order valence-electron chi connectivity index (χ4n) is 2.69. The summed E-state index contributed by atoms with van der Waals surface area (Å²) in [5.74, 6) is -0.723. The number of hydrogen-bond donors (Lipinski definition) is 1. The molecule has 0 aliphatic rings. The molecule has 0 heterocycles. The molecule has 1 unspecified atom stereocenters. The maximum absolute atomic E-state index is 12.6. The van der Waals surface area contributed by atoms with Gasteiger partial charge in [-0.15, -0.1) is 6.58 Å². The molecule has 1 N–H and O–H groups in total. The lowest BCUT2D eigenvalue weighted by Gasteiger charge is -2.13. The molecule has 2 aromatic rings. The lowest BCUT2D eigenvalue weighted by atomic mass is 9.93. The van der Waals surface area contributed by atoms with Crippen LogP contribution in [0.3, 0.4) is 0 Å². The highest BCUT2D eigenvalue weighted by Gasteiger charge is 2.19. The predicted octanol–water partition coefficient (Wildman–Crippen LogP) is 3.14. The fourth-order valence-corrected chi connectivity index (χ4v) is 2.69. The first kappa shape index (κ1) is 23.0. The highest BCUT2D eigenvalue weighted by atomic mass is 16.6. The Hall–Kier alpha value is -3.24. The van der Waals surface area contributed by atoms with Gasteiger partial charge in [-0.25, -0.2) is 4.79 Å². The van der Waals surface area contributed by atoms with Crippen LogP contribution in [-0.2, 0) is 19.0 Å². The van der Waals surface area contributed by atoms with Crippen molar-refractivity contribution in [3.8, 4) is 6.07 Å². The van der Waals surface area contributed by atoms with Gasteiger partial charge >= 0.3 is 5.97 Å². The quantitative estimate of drug-likeness (QED) is 0.191. The number of nitrogens with zero attached hydrogens (tertiary/aromatic N) is 1. The van der Waals surface area contributed by atoms with E-state index in [-0.39, 0.29) is 32.0 Å². The van der Waals surface area contributed by atoms with Crippen molar-refractivity contribution in [2.45, 2.75) is 6.10 Å². The smallest absolute Gasteiger partial charge is 0.349 e. The Balaban J connectivity index is 2.01. The summed E-state index contributed by atoms with van der Waals surface area (Å²) in [7, 11) is 0. The van der Waals surface area contributed by atoms with Gasteiger partial charge in [0.05, 0.1) is 26.4 Å². The molecule has 156 valence electrons. The number of aliphatic hydroxyl groups is 1. The molecule has 30 heavy (non-hydrogen) atoms. The van der Waals surface area contributed by atoms with Crippen molar-refractivity contribution in [2.75, 3.05) is 33.0 Å². The topological polar surface area (TPSA) is 88.8 Å². The summed E-state index contributed by atoms with van der Waals surface area (Å²) in [6.07, 6.45) is 0.810. The van der Waals surface area contributed by atoms with Crippen molar-refractivity contribution in [1.29, 1.82) is 5.26 Å². The molecule has 0 saturated carbocycles. The third-order valence-corrected chi connectivity index (χ3v) is 4.01. The number of carbonyl (C=O) groups is 1. The van der Waals surface area contributed by atoms with E-state index in [2.05, 4.69) is 6.58 Å². The van der Waals surface area contributed by atoms with Crippen LogP contribution < -0.4 is 0 Å². The van der Waals surface area contributed by atoms with Crippen LogP contribution in [0.2, 0.25) is 0 Å². The molecular weight excluding hydrogens is 382 g/mol. The van der Waals surface area contributed by atoms with Gasteiger partial charge < -0.3 is 19.3 Å². The molecule has 2 rings (SSSR count). The standard InChI is InChI=1S/C24H25NO5/c1-2-13-28-17-21(26)18-29-14-15-30-24(27)22(16-25)23(19-9-5-3-6-10-19)20-11-7-4-8-12-20/h2-12,21,26H,1,13-15,17-18H2. The molecule has 0 radical (unpaired) electrons. The predicted molar refractivity (Wildman–Crippen MR) is 113 cm³/mol. The zero-order chi connectivity index (χ0) is 21.6. The molecule has 0 aromatic heterocycles. The highest BCUT2D eigenvalue weighted by molar-refractivity contribution is 6.05. The molecule has 2 aromatic carbocycles. The number of benzene rings is 2. The van der Waals surface area contributed by atoms with E-state index in [1.165, 1.54) is 0 Å². The van der Waals surface area contributed by atoms with Crippen molar-refractivity contribution in [3.05, 3.63) is 90.0 Å². The van der Waals surface area contributed by atoms with Crippen LogP contribution in [0.15, 0.2) is 78.9 Å². The third kappa shape index (κ3) is 7.30. The van der Waals surface area contributed by atoms with Gasteiger partial charge in [-0.05, 0) is 11.1 Å². The second-order valence-electron chi connectivity index (χ2n) is 6.28. The molecule has 6 nitrogen and oxygen atoms in total. The van der Waals surface area contributed by atoms with Crippen molar-refractivity contribution >= 4 is 11.5 Å². The Morgan fingerprint density at radius 1 is 1.00 bits per heavy atom. The van der Waals surface area contributed by atoms with Crippen molar-refractivity contribution < 1.29 is 24.1 Å². The molecule has 0 amide bonds. The lowest BCUT2D eigenvalue weighted by molar-refractivity contribution is -0.140. The van der Waals surface area contributed by atoms with Gasteiger partial charge in [0.15, 0.2) is 0 Å². The number of rotatable bonds is 12. The average Bonchev–Trinajstić information content (AvgIpc) is 2.78. The highest BCUT2D eigenvalue weighted by Crippen LogP contribution is 2.27. The summed E-state index contributed by atoms with van der Waals surface area (Å²) < 4.78 is 15.6. The first-order valence-corrected chi connectivity index (χ1v) is 9.54. The zero-order valence-electron chi connectivity index (χ0n) is 16.7. The van der Waals surface area contributed by atoms with E-state index in [0.717, 1.165) is 11.1 Å². The van der Waals surface area contributed by atoms with Crippen molar-refractivity contribution in [3.63, 3.8) is 0 Å². The molecule has 0 fully saturated rings. The molecule has 0 aliphatic heterocycles. The molecule has 1 atom stereocenters. The van der Waals surface area contributed by atoms with Gasteiger partial charge in [0, 0.05) is 5.57 Å². The van der Waals surface area contributed by atoms with Crippen LogP contribution in [0, 0.1) is 11.3 Å². The molecule has 0 saturated heterocycles. The van der Waals surface area contributed by atoms with Gasteiger partial charge in [-0.2, -0.15) is 5.26 Å². The van der Waals surface area contributed by atoms with Crippen LogP contribution in [0.4, 0.5) is 0 Å². The second kappa shape index (κ2) is 13.1. The summed E-state index contributed by atoms with van der Waals surface area (Å²) >= 11 is 0. The summed E-state index contributed by atoms with van der Waals surface area (Å²) in [5, 5.41) is 19.4. The summed E-state index contributed by atoms with van der Waals surface area (Å²) in [5.41, 5.74) is 1.93. The van der Waals surface area contributed by atoms with Crippen LogP contribution in [-0.4, -0.2) is 50.2 Å². The van der Waals surface area contributed by atoms with Crippen molar-refractivity contribution in [2.24, 2.45) is 0 Å². The third-order valence-electron chi connectivity index (χ3n) is 4.01. The first-order chi connectivity index (χ1) is 14.7. The largest absolute Gasteiger partial charge is 0.459 e. The maximum Gasteiger partial charge on any atom is 0.349 e. The maximum atomic E-state index is 12.6. The number of nitriles is 1. The molecule has 6 heteroatoms. The monoisotopic (exact) mass is 407 g/mol. The van der Waals surface area contributed by atoms with E-state index in [1.54, 1.807) is 6.08 Å². The minimum absolute atomic E-state index is 0.0406. The van der Waals surface area contributed by atoms with Gasteiger partial charge in [0.1, 0.15) is 24.4 Å². The van der Waals surface area contributed by atoms with Gasteiger partial charge in [0.25, 0.3) is 0 Å². The Morgan fingerprint density at radius 2 is 1.57 bits per heavy atom. The van der Waals surface area contributed by atoms with E-state index < -0.39 is 12.1 Å². The first-order valence-electron chi connectivity index (χ1n) is 9.54. The van der Waals surface area contributed by atoms with Gasteiger partial charge in [-0.1, -0.05) is 66.7 Å². The number of hydrogen-bond acceptors (Lipinski definition) is 6. The van der Waals surface area contributed by atoms with E-state index in [1.807, 2.05) is 66.7 Å². The van der Waals surface area contributed by atoms with Gasteiger partial charge in [-0.3, -0.25) is 0 Å². The molecule has 0 aliphatic carbocycles. The number of aliphatic hydroxyl groups excluding tert-OH is 1. The Kier molecular flexibility index (Phi) is 10.0.